The van der Waals surface area contributed by atoms with Gasteiger partial charge in [0.15, 0.2) is 0 Å². The number of fused-ring (bicyclic) bond motifs is 1. The van der Waals surface area contributed by atoms with Gasteiger partial charge in [-0.2, -0.15) is 0 Å². The third kappa shape index (κ3) is 2.43. The van der Waals surface area contributed by atoms with E-state index in [4.69, 9.17) is 5.11 Å². The Hall–Kier alpha value is -1.86. The highest BCUT2D eigenvalue weighted by atomic mass is 79.9. The van der Waals surface area contributed by atoms with E-state index < -0.39 is 5.97 Å². The lowest BCUT2D eigenvalue weighted by molar-refractivity contribution is 0.0697. The van der Waals surface area contributed by atoms with Crippen LogP contribution in [0.5, 0.6) is 0 Å². The molecule has 0 bridgehead atoms. The van der Waals surface area contributed by atoms with Crippen LogP contribution in [0, 0.1) is 0 Å². The summed E-state index contributed by atoms with van der Waals surface area (Å²) in [6.45, 7) is 0. The van der Waals surface area contributed by atoms with Crippen LogP contribution in [-0.4, -0.2) is 20.6 Å². The van der Waals surface area contributed by atoms with Gasteiger partial charge in [-0.25, -0.2) is 9.59 Å². The molecule has 0 amide bonds. The Morgan fingerprint density at radius 1 is 1.14 bits per heavy atom. The van der Waals surface area contributed by atoms with Crippen molar-refractivity contribution in [3.05, 3.63) is 61.4 Å². The number of imidazole rings is 1. The van der Waals surface area contributed by atoms with Crippen LogP contribution in [0.4, 0.5) is 0 Å². The largest absolute Gasteiger partial charge is 0.478 e. The van der Waals surface area contributed by atoms with Crippen molar-refractivity contribution in [1.29, 1.82) is 0 Å². The molecular formula is C14H8Br2N2O3. The van der Waals surface area contributed by atoms with E-state index in [-0.39, 0.29) is 11.3 Å². The van der Waals surface area contributed by atoms with Crippen LogP contribution in [-0.2, 0) is 0 Å². The maximum absolute atomic E-state index is 12.2. The Bertz CT molecular complexity index is 928. The lowest BCUT2D eigenvalue weighted by Gasteiger charge is -2.07. The van der Waals surface area contributed by atoms with Crippen molar-refractivity contribution in [3.63, 3.8) is 0 Å². The molecule has 1 heterocycles. The molecule has 0 aliphatic heterocycles. The molecule has 3 aromatic rings. The van der Waals surface area contributed by atoms with Gasteiger partial charge in [-0.1, -0.05) is 15.9 Å². The van der Waals surface area contributed by atoms with Crippen molar-refractivity contribution in [2.24, 2.45) is 0 Å². The number of hydrogen-bond donors (Lipinski definition) is 2. The number of aromatic carboxylic acids is 1. The predicted molar refractivity (Wildman–Crippen MR) is 86.3 cm³/mol. The van der Waals surface area contributed by atoms with E-state index in [0.29, 0.717) is 16.7 Å². The van der Waals surface area contributed by atoms with Gasteiger partial charge in [0.2, 0.25) is 0 Å². The zero-order chi connectivity index (χ0) is 15.1. The first kappa shape index (κ1) is 14.1. The summed E-state index contributed by atoms with van der Waals surface area (Å²) in [5.74, 6) is -1.03. The molecule has 21 heavy (non-hydrogen) atoms. The predicted octanol–water partition coefficient (Wildman–Crippen LogP) is 3.54. The van der Waals surface area contributed by atoms with E-state index in [9.17, 15) is 9.59 Å². The average molecular weight is 412 g/mol. The number of rotatable bonds is 2. The number of nitrogens with one attached hydrogen (secondary N) is 1. The number of halogens is 2. The van der Waals surface area contributed by atoms with Gasteiger partial charge >= 0.3 is 11.7 Å². The third-order valence-electron chi connectivity index (χ3n) is 3.08. The first-order chi connectivity index (χ1) is 9.97. The summed E-state index contributed by atoms with van der Waals surface area (Å²) in [4.78, 5) is 25.9. The Balaban J connectivity index is 2.33. The summed E-state index contributed by atoms with van der Waals surface area (Å²) in [5.41, 5.74) is 1.56. The molecule has 2 aromatic carbocycles. The minimum absolute atomic E-state index is 0.129. The van der Waals surface area contributed by atoms with Crippen molar-refractivity contribution in [3.8, 4) is 5.69 Å². The van der Waals surface area contributed by atoms with E-state index in [0.717, 1.165) is 8.95 Å². The first-order valence-electron chi connectivity index (χ1n) is 5.91. The standard InChI is InChI=1S/C14H8Br2N2O3/c15-8-2-3-9(16)12(6-8)18-11-4-1-7(13(19)20)5-10(11)17-14(18)21/h1-6H,(H,17,21)(H,19,20). The highest BCUT2D eigenvalue weighted by molar-refractivity contribution is 9.11. The molecule has 0 unspecified atom stereocenters. The quantitative estimate of drug-likeness (QED) is 0.677. The summed E-state index contributed by atoms with van der Waals surface area (Å²) in [6, 6.07) is 10.0. The number of carboxylic acids is 1. The van der Waals surface area contributed by atoms with Crippen molar-refractivity contribution in [2.45, 2.75) is 0 Å². The van der Waals surface area contributed by atoms with Gasteiger partial charge in [-0.05, 0) is 52.3 Å². The second-order valence-corrected chi connectivity index (χ2v) is 6.17. The lowest BCUT2D eigenvalue weighted by atomic mass is 10.2. The number of aromatic amines is 1. The van der Waals surface area contributed by atoms with E-state index in [2.05, 4.69) is 36.8 Å². The molecular weight excluding hydrogens is 404 g/mol. The van der Waals surface area contributed by atoms with Crippen molar-refractivity contribution < 1.29 is 9.90 Å². The number of nitrogens with zero attached hydrogens (tertiary/aromatic N) is 1. The third-order valence-corrected chi connectivity index (χ3v) is 4.24. The van der Waals surface area contributed by atoms with Crippen molar-refractivity contribution in [1.82, 2.24) is 9.55 Å². The van der Waals surface area contributed by atoms with E-state index in [1.807, 2.05) is 18.2 Å². The monoisotopic (exact) mass is 410 g/mol. The van der Waals surface area contributed by atoms with Crippen LogP contribution in [0.3, 0.4) is 0 Å². The SMILES string of the molecule is O=C(O)c1ccc2c(c1)[nH]c(=O)n2-c1cc(Br)ccc1Br. The van der Waals surface area contributed by atoms with Crippen LogP contribution >= 0.6 is 31.9 Å². The van der Waals surface area contributed by atoms with Gasteiger partial charge in [-0.3, -0.25) is 4.57 Å². The number of carboxylic acid groups (broad SMARTS) is 1. The highest BCUT2D eigenvalue weighted by Gasteiger charge is 2.13. The zero-order valence-corrected chi connectivity index (χ0v) is 13.6. The van der Waals surface area contributed by atoms with E-state index in [1.165, 1.54) is 16.7 Å². The molecule has 2 N–H and O–H groups in total. The van der Waals surface area contributed by atoms with Gasteiger partial charge in [0.05, 0.1) is 22.3 Å². The van der Waals surface area contributed by atoms with Crippen molar-refractivity contribution >= 4 is 48.9 Å². The van der Waals surface area contributed by atoms with Gasteiger partial charge in [0.1, 0.15) is 0 Å². The lowest BCUT2D eigenvalue weighted by Crippen LogP contribution is -2.15. The minimum Gasteiger partial charge on any atom is -0.478 e. The second-order valence-electron chi connectivity index (χ2n) is 4.40. The van der Waals surface area contributed by atoms with Crippen molar-refractivity contribution in [2.75, 3.05) is 0 Å². The number of aromatic nitrogens is 2. The van der Waals surface area contributed by atoms with Crippen LogP contribution in [0.15, 0.2) is 50.1 Å². The van der Waals surface area contributed by atoms with E-state index >= 15 is 0 Å². The molecule has 0 saturated heterocycles. The van der Waals surface area contributed by atoms with Crippen LogP contribution in [0.25, 0.3) is 16.7 Å². The zero-order valence-electron chi connectivity index (χ0n) is 10.4. The van der Waals surface area contributed by atoms with Gasteiger partial charge in [0, 0.05) is 8.95 Å². The molecule has 0 aliphatic carbocycles. The molecule has 0 saturated carbocycles. The molecule has 0 atom stereocenters. The fourth-order valence-electron chi connectivity index (χ4n) is 2.14. The number of carbonyl (C=O) groups is 1. The molecule has 106 valence electrons. The van der Waals surface area contributed by atoms with E-state index in [1.54, 1.807) is 6.07 Å². The first-order valence-corrected chi connectivity index (χ1v) is 7.49. The highest BCUT2D eigenvalue weighted by Crippen LogP contribution is 2.26. The van der Waals surface area contributed by atoms with Crippen LogP contribution < -0.4 is 5.69 Å². The summed E-state index contributed by atoms with van der Waals surface area (Å²) in [7, 11) is 0. The maximum atomic E-state index is 12.2. The van der Waals surface area contributed by atoms with Gasteiger partial charge in [0.25, 0.3) is 0 Å². The van der Waals surface area contributed by atoms with Crippen LogP contribution in [0.1, 0.15) is 10.4 Å². The molecule has 5 nitrogen and oxygen atoms in total. The summed E-state index contributed by atoms with van der Waals surface area (Å²) in [6.07, 6.45) is 0. The molecule has 7 heteroatoms. The maximum Gasteiger partial charge on any atom is 0.335 e. The number of benzene rings is 2. The molecule has 1 aromatic heterocycles. The minimum atomic E-state index is -1.03. The molecule has 0 aliphatic rings. The molecule has 0 radical (unpaired) electrons. The Morgan fingerprint density at radius 3 is 2.62 bits per heavy atom. The molecule has 0 spiro atoms. The normalized spacial score (nSPS) is 11.0. The average Bonchev–Trinajstić information content (AvgIpc) is 2.76. The Morgan fingerprint density at radius 2 is 1.90 bits per heavy atom. The fourth-order valence-corrected chi connectivity index (χ4v) is 2.91. The molecule has 0 fully saturated rings. The smallest absolute Gasteiger partial charge is 0.335 e. The second kappa shape index (κ2) is 5.16. The summed E-state index contributed by atoms with van der Waals surface area (Å²) >= 11 is 6.80. The Labute approximate surface area is 135 Å². The number of H-pyrrole nitrogens is 1. The summed E-state index contributed by atoms with van der Waals surface area (Å²) < 4.78 is 3.09. The topological polar surface area (TPSA) is 75.1 Å². The van der Waals surface area contributed by atoms with Crippen LogP contribution in [0.2, 0.25) is 0 Å². The van der Waals surface area contributed by atoms with Gasteiger partial charge in [-0.15, -0.1) is 0 Å². The Kier molecular flexibility index (Phi) is 3.46. The molecule has 3 rings (SSSR count). The fraction of sp³-hybridized carbons (Fsp3) is 0. The summed E-state index contributed by atoms with van der Waals surface area (Å²) in [5, 5.41) is 9.01. The number of hydrogen-bond acceptors (Lipinski definition) is 2. The van der Waals surface area contributed by atoms with Gasteiger partial charge < -0.3 is 10.1 Å².